The molecule has 0 spiro atoms. The number of carbonyl (C=O) groups excluding carboxylic acids is 3. The highest BCUT2D eigenvalue weighted by Gasteiger charge is 2.53. The summed E-state index contributed by atoms with van der Waals surface area (Å²) in [5.41, 5.74) is 0. The zero-order valence-electron chi connectivity index (χ0n) is 39.7. The van der Waals surface area contributed by atoms with Crippen molar-refractivity contribution in [3.05, 3.63) is 0 Å². The molecule has 0 bridgehead atoms. The normalized spacial score (nSPS) is 20.0. The molecule has 0 aliphatic carbocycles. The monoisotopic (exact) mass is 922 g/mol. The maximum atomic E-state index is 13.5. The van der Waals surface area contributed by atoms with Crippen LogP contribution in [0.15, 0.2) is 0 Å². The van der Waals surface area contributed by atoms with Gasteiger partial charge in [0.2, 0.25) is 5.91 Å². The van der Waals surface area contributed by atoms with E-state index >= 15 is 0 Å². The highest BCUT2D eigenvalue weighted by atomic mass is 31.2. The van der Waals surface area contributed by atoms with Crippen LogP contribution in [0.1, 0.15) is 239 Å². The number of hydrogen-bond acceptors (Lipinski definition) is 11. The molecule has 15 heteroatoms. The molecule has 0 aromatic heterocycles. The van der Waals surface area contributed by atoms with Gasteiger partial charge in [-0.2, -0.15) is 0 Å². The van der Waals surface area contributed by atoms with E-state index in [1.807, 2.05) is 0 Å². The van der Waals surface area contributed by atoms with E-state index in [9.17, 15) is 44.1 Å². The summed E-state index contributed by atoms with van der Waals surface area (Å²) in [5.74, 6) is -2.32. The average molecular weight is 922 g/mol. The first-order chi connectivity index (χ1) is 30.3. The summed E-state index contributed by atoms with van der Waals surface area (Å²) in [6, 6.07) is -1.63. The van der Waals surface area contributed by atoms with Crippen LogP contribution in [0.2, 0.25) is 0 Å². The molecule has 0 unspecified atom stereocenters. The summed E-state index contributed by atoms with van der Waals surface area (Å²) in [4.78, 5) is 59.9. The van der Waals surface area contributed by atoms with Crippen molar-refractivity contribution in [2.24, 2.45) is 0 Å². The van der Waals surface area contributed by atoms with Gasteiger partial charge in [0.05, 0.1) is 31.7 Å². The van der Waals surface area contributed by atoms with Crippen molar-refractivity contribution in [2.45, 2.75) is 282 Å². The van der Waals surface area contributed by atoms with Crippen LogP contribution < -0.4 is 5.32 Å². The number of aliphatic hydroxyl groups excluding tert-OH is 3. The first-order valence-electron chi connectivity index (χ1n) is 25.4. The molecule has 1 fully saturated rings. The van der Waals surface area contributed by atoms with E-state index < -0.39 is 81.5 Å². The molecule has 1 aliphatic rings. The minimum absolute atomic E-state index is 0.0221. The third kappa shape index (κ3) is 31.8. The number of hydrogen-bond donors (Lipinski definition) is 6. The summed E-state index contributed by atoms with van der Waals surface area (Å²) < 4.78 is 34.5. The standard InChI is InChI=1S/C48H92NO13P/c1-4-7-10-13-16-19-20-23-26-29-32-35-43(54)60-46-41(38-50)59-48(62-63(56,57)58)45(49-42(53)36-39(51)33-30-27-24-21-17-14-11-8-5-2)47(46)61-44(55)37-40(52)34-31-28-25-22-18-15-12-9-6-3/h39-41,45-48,50-52H,4-38H2,1-3H3,(H,49,53)(H2,56,57,58)/t39-,40-,41-,45-,46-,47-,48-/m1/s1. The van der Waals surface area contributed by atoms with Crippen molar-refractivity contribution < 1.29 is 62.8 Å². The molecule has 372 valence electrons. The zero-order chi connectivity index (χ0) is 46.6. The molecule has 1 rings (SSSR count). The number of nitrogens with one attached hydrogen (secondary N) is 1. The van der Waals surface area contributed by atoms with Gasteiger partial charge in [-0.3, -0.25) is 18.9 Å². The maximum absolute atomic E-state index is 13.5. The van der Waals surface area contributed by atoms with Crippen LogP contribution in [0.4, 0.5) is 0 Å². The number of unbranched alkanes of at least 4 members (excludes halogenated alkanes) is 26. The molecular formula is C48H92NO13P. The van der Waals surface area contributed by atoms with Crippen LogP contribution in [0.25, 0.3) is 0 Å². The van der Waals surface area contributed by atoms with Gasteiger partial charge in [0.15, 0.2) is 18.5 Å². The fraction of sp³-hybridized carbons (Fsp3) is 0.938. The molecule has 14 nitrogen and oxygen atoms in total. The second kappa shape index (κ2) is 38.5. The van der Waals surface area contributed by atoms with E-state index in [1.165, 1.54) is 103 Å². The maximum Gasteiger partial charge on any atom is 0.472 e. The summed E-state index contributed by atoms with van der Waals surface area (Å²) in [7, 11) is -5.30. The number of phosphoric ester groups is 1. The molecule has 1 amide bonds. The van der Waals surface area contributed by atoms with Gasteiger partial charge in [-0.25, -0.2) is 4.57 Å². The molecule has 6 N–H and O–H groups in total. The average Bonchev–Trinajstić information content (AvgIpc) is 3.22. The van der Waals surface area contributed by atoms with Crippen molar-refractivity contribution in [1.82, 2.24) is 5.32 Å². The lowest BCUT2D eigenvalue weighted by molar-refractivity contribution is -0.259. The Morgan fingerprint density at radius 2 is 0.937 bits per heavy atom. The van der Waals surface area contributed by atoms with Crippen LogP contribution >= 0.6 is 7.82 Å². The molecule has 1 saturated heterocycles. The second-order valence-corrected chi connectivity index (χ2v) is 19.3. The van der Waals surface area contributed by atoms with Gasteiger partial charge in [0, 0.05) is 6.42 Å². The summed E-state index contributed by atoms with van der Waals surface area (Å²) >= 11 is 0. The summed E-state index contributed by atoms with van der Waals surface area (Å²) in [5, 5.41) is 34.5. The van der Waals surface area contributed by atoms with Crippen LogP contribution in [-0.4, -0.2) is 92.4 Å². The summed E-state index contributed by atoms with van der Waals surface area (Å²) in [6.07, 6.45) is 22.8. The largest absolute Gasteiger partial charge is 0.472 e. The van der Waals surface area contributed by atoms with E-state index in [0.717, 1.165) is 64.2 Å². The number of carbonyl (C=O) groups is 3. The highest BCUT2D eigenvalue weighted by molar-refractivity contribution is 7.46. The Kier molecular flexibility index (Phi) is 36.3. The molecule has 0 saturated carbocycles. The molecule has 63 heavy (non-hydrogen) atoms. The van der Waals surface area contributed by atoms with Crippen LogP contribution in [0.5, 0.6) is 0 Å². The van der Waals surface area contributed by atoms with E-state index in [2.05, 4.69) is 26.1 Å². The third-order valence-corrected chi connectivity index (χ3v) is 12.5. The van der Waals surface area contributed by atoms with Gasteiger partial charge in [-0.1, -0.05) is 201 Å². The van der Waals surface area contributed by atoms with Gasteiger partial charge >= 0.3 is 19.8 Å². The molecular weight excluding hydrogens is 829 g/mol. The Morgan fingerprint density at radius 1 is 0.556 bits per heavy atom. The Balaban J connectivity index is 3.03. The molecule has 0 radical (unpaired) electrons. The van der Waals surface area contributed by atoms with Crippen molar-refractivity contribution in [3.63, 3.8) is 0 Å². The van der Waals surface area contributed by atoms with Crippen LogP contribution in [0.3, 0.4) is 0 Å². The fourth-order valence-corrected chi connectivity index (χ4v) is 8.74. The number of rotatable bonds is 42. The lowest BCUT2D eigenvalue weighted by atomic mass is 9.95. The predicted molar refractivity (Wildman–Crippen MR) is 247 cm³/mol. The van der Waals surface area contributed by atoms with Gasteiger partial charge in [-0.05, 0) is 19.3 Å². The topological polar surface area (TPSA) is 218 Å². The molecule has 0 aromatic carbocycles. The van der Waals surface area contributed by atoms with Crippen molar-refractivity contribution in [2.75, 3.05) is 6.61 Å². The Bertz CT molecular complexity index is 1190. The number of esters is 2. The van der Waals surface area contributed by atoms with Gasteiger partial charge < -0.3 is 44.6 Å². The van der Waals surface area contributed by atoms with Gasteiger partial charge in [0.1, 0.15) is 12.1 Å². The van der Waals surface area contributed by atoms with Crippen molar-refractivity contribution in [3.8, 4) is 0 Å². The quantitative estimate of drug-likeness (QED) is 0.0191. The lowest BCUT2D eigenvalue weighted by Gasteiger charge is -2.44. The number of ether oxygens (including phenoxy) is 3. The first-order valence-corrected chi connectivity index (χ1v) is 26.9. The Labute approximate surface area is 381 Å². The van der Waals surface area contributed by atoms with E-state index in [1.54, 1.807) is 0 Å². The van der Waals surface area contributed by atoms with Crippen molar-refractivity contribution in [1.29, 1.82) is 0 Å². The van der Waals surface area contributed by atoms with Gasteiger partial charge in [-0.15, -0.1) is 0 Å². The van der Waals surface area contributed by atoms with Gasteiger partial charge in [0.25, 0.3) is 0 Å². The van der Waals surface area contributed by atoms with Crippen LogP contribution in [-0.2, 0) is 37.7 Å². The fourth-order valence-electron chi connectivity index (χ4n) is 8.29. The third-order valence-electron chi connectivity index (χ3n) is 12.0. The second-order valence-electron chi connectivity index (χ2n) is 18.1. The minimum atomic E-state index is -5.30. The number of amides is 1. The Hall–Kier alpha value is -1.64. The smallest absolute Gasteiger partial charge is 0.456 e. The molecule has 0 aromatic rings. The Morgan fingerprint density at radius 3 is 1.35 bits per heavy atom. The van der Waals surface area contributed by atoms with Crippen molar-refractivity contribution >= 4 is 25.7 Å². The highest BCUT2D eigenvalue weighted by Crippen LogP contribution is 2.41. The van der Waals surface area contributed by atoms with E-state index in [-0.39, 0.29) is 12.8 Å². The zero-order valence-corrected chi connectivity index (χ0v) is 40.6. The lowest BCUT2D eigenvalue weighted by Crippen LogP contribution is -2.66. The van der Waals surface area contributed by atoms with E-state index in [4.69, 9.17) is 18.7 Å². The minimum Gasteiger partial charge on any atom is -0.456 e. The molecule has 7 atom stereocenters. The predicted octanol–water partition coefficient (Wildman–Crippen LogP) is 10.2. The summed E-state index contributed by atoms with van der Waals surface area (Å²) in [6.45, 7) is 5.76. The molecule has 1 heterocycles. The number of aliphatic hydroxyl groups is 3. The van der Waals surface area contributed by atoms with E-state index in [0.29, 0.717) is 32.1 Å². The first kappa shape index (κ1) is 59.4. The number of phosphoric acid groups is 1. The van der Waals surface area contributed by atoms with Crippen LogP contribution in [0, 0.1) is 0 Å². The molecule has 1 aliphatic heterocycles. The SMILES string of the molecule is CCCCCCCCCCCCCC(=O)O[C@H]1[C@H](OC(=O)C[C@H](O)CCCCCCCCCCC)[C@@H](NC(=O)C[C@H](O)CCCCCCCCCCC)[C@@H](OP(=O)(O)O)O[C@@H]1CO.